The quantitative estimate of drug-likeness (QED) is 0.789. The van der Waals surface area contributed by atoms with Crippen molar-refractivity contribution in [1.82, 2.24) is 5.32 Å². The highest BCUT2D eigenvalue weighted by molar-refractivity contribution is 7.10. The van der Waals surface area contributed by atoms with E-state index in [1.54, 1.807) is 4.88 Å². The monoisotopic (exact) mass is 211 g/mol. The van der Waals surface area contributed by atoms with Gasteiger partial charge in [0.2, 0.25) is 0 Å². The molecule has 2 heteroatoms. The maximum Gasteiger partial charge on any atom is 0.00777 e. The molecular weight excluding hydrogens is 190 g/mol. The van der Waals surface area contributed by atoms with Crippen molar-refractivity contribution < 1.29 is 0 Å². The normalized spacial score (nSPS) is 13.5. The first-order valence-electron chi connectivity index (χ1n) is 5.32. The predicted octanol–water partition coefficient (Wildman–Crippen LogP) is 3.09. The summed E-state index contributed by atoms with van der Waals surface area (Å²) in [6, 6.07) is 2.22. The Morgan fingerprint density at radius 3 is 2.57 bits per heavy atom. The number of hydrogen-bond donors (Lipinski definition) is 1. The van der Waals surface area contributed by atoms with Gasteiger partial charge in [-0.1, -0.05) is 13.8 Å². The Morgan fingerprint density at radius 1 is 1.43 bits per heavy atom. The standard InChI is InChI=1S/C12H21NS/c1-9(2)11(8-13-4)7-12-10(3)5-6-14-12/h5-6,9,11,13H,7-8H2,1-4H3. The summed E-state index contributed by atoms with van der Waals surface area (Å²) in [5, 5.41) is 5.48. The maximum absolute atomic E-state index is 3.29. The summed E-state index contributed by atoms with van der Waals surface area (Å²) in [4.78, 5) is 1.55. The van der Waals surface area contributed by atoms with Crippen molar-refractivity contribution in [2.45, 2.75) is 27.2 Å². The fourth-order valence-electron chi connectivity index (χ4n) is 1.66. The molecule has 1 aromatic heterocycles. The fourth-order valence-corrected chi connectivity index (χ4v) is 2.66. The molecule has 1 N–H and O–H groups in total. The molecule has 0 aliphatic carbocycles. The van der Waals surface area contributed by atoms with E-state index >= 15 is 0 Å². The first kappa shape index (κ1) is 11.7. The summed E-state index contributed by atoms with van der Waals surface area (Å²) < 4.78 is 0. The average molecular weight is 211 g/mol. The van der Waals surface area contributed by atoms with Crippen molar-refractivity contribution in [2.24, 2.45) is 11.8 Å². The van der Waals surface area contributed by atoms with Gasteiger partial charge in [-0.2, -0.15) is 0 Å². The Balaban J connectivity index is 2.60. The van der Waals surface area contributed by atoms with Gasteiger partial charge in [0.25, 0.3) is 0 Å². The number of rotatable bonds is 5. The van der Waals surface area contributed by atoms with Gasteiger partial charge in [0.15, 0.2) is 0 Å². The topological polar surface area (TPSA) is 12.0 Å². The minimum Gasteiger partial charge on any atom is -0.319 e. The third-order valence-electron chi connectivity index (χ3n) is 2.82. The first-order chi connectivity index (χ1) is 6.65. The van der Waals surface area contributed by atoms with E-state index < -0.39 is 0 Å². The van der Waals surface area contributed by atoms with Crippen LogP contribution in [-0.4, -0.2) is 13.6 Å². The number of thiophene rings is 1. The van der Waals surface area contributed by atoms with E-state index in [-0.39, 0.29) is 0 Å². The van der Waals surface area contributed by atoms with Gasteiger partial charge in [0, 0.05) is 4.88 Å². The van der Waals surface area contributed by atoms with Crippen molar-refractivity contribution in [3.8, 4) is 0 Å². The fraction of sp³-hybridized carbons (Fsp3) is 0.667. The van der Waals surface area contributed by atoms with E-state index in [2.05, 4.69) is 37.5 Å². The van der Waals surface area contributed by atoms with Crippen molar-refractivity contribution in [3.05, 3.63) is 21.9 Å². The number of hydrogen-bond acceptors (Lipinski definition) is 2. The van der Waals surface area contributed by atoms with Gasteiger partial charge in [0.05, 0.1) is 0 Å². The van der Waals surface area contributed by atoms with Crippen LogP contribution in [0.15, 0.2) is 11.4 Å². The lowest BCUT2D eigenvalue weighted by Gasteiger charge is -2.20. The molecule has 0 radical (unpaired) electrons. The zero-order chi connectivity index (χ0) is 10.6. The third-order valence-corrected chi connectivity index (χ3v) is 3.87. The van der Waals surface area contributed by atoms with Crippen LogP contribution in [0.25, 0.3) is 0 Å². The molecule has 1 unspecified atom stereocenters. The van der Waals surface area contributed by atoms with Crippen molar-refractivity contribution in [1.29, 1.82) is 0 Å². The molecule has 0 spiro atoms. The molecule has 80 valence electrons. The summed E-state index contributed by atoms with van der Waals surface area (Å²) in [6.45, 7) is 7.95. The second-order valence-electron chi connectivity index (χ2n) is 4.29. The summed E-state index contributed by atoms with van der Waals surface area (Å²) in [6.07, 6.45) is 1.22. The molecular formula is C12H21NS. The van der Waals surface area contributed by atoms with E-state index in [0.29, 0.717) is 0 Å². The van der Waals surface area contributed by atoms with Crippen LogP contribution in [0, 0.1) is 18.8 Å². The van der Waals surface area contributed by atoms with Gasteiger partial charge >= 0.3 is 0 Å². The highest BCUT2D eigenvalue weighted by atomic mass is 32.1. The van der Waals surface area contributed by atoms with Gasteiger partial charge in [-0.3, -0.25) is 0 Å². The van der Waals surface area contributed by atoms with Crippen LogP contribution in [0.4, 0.5) is 0 Å². The summed E-state index contributed by atoms with van der Waals surface area (Å²) in [5.41, 5.74) is 1.46. The molecule has 14 heavy (non-hydrogen) atoms. The van der Waals surface area contributed by atoms with Crippen LogP contribution in [0.2, 0.25) is 0 Å². The lowest BCUT2D eigenvalue weighted by molar-refractivity contribution is 0.372. The smallest absolute Gasteiger partial charge is 0.00777 e. The average Bonchev–Trinajstić information content (AvgIpc) is 2.51. The van der Waals surface area contributed by atoms with Gasteiger partial charge in [0.1, 0.15) is 0 Å². The molecule has 1 rings (SSSR count). The molecule has 1 aromatic rings. The van der Waals surface area contributed by atoms with Crippen LogP contribution in [0.5, 0.6) is 0 Å². The molecule has 1 heterocycles. The van der Waals surface area contributed by atoms with Gasteiger partial charge in [-0.05, 0) is 55.8 Å². The molecule has 0 aromatic carbocycles. The van der Waals surface area contributed by atoms with Crippen LogP contribution in [-0.2, 0) is 6.42 Å². The number of aryl methyl sites for hydroxylation is 1. The van der Waals surface area contributed by atoms with Crippen molar-refractivity contribution >= 4 is 11.3 Å². The minimum atomic E-state index is 0.754. The Labute approximate surface area is 91.5 Å². The van der Waals surface area contributed by atoms with Crippen LogP contribution in [0.3, 0.4) is 0 Å². The zero-order valence-electron chi connectivity index (χ0n) is 9.63. The lowest BCUT2D eigenvalue weighted by atomic mass is 9.91. The highest BCUT2D eigenvalue weighted by Crippen LogP contribution is 2.23. The van der Waals surface area contributed by atoms with Crippen molar-refractivity contribution in [3.63, 3.8) is 0 Å². The van der Waals surface area contributed by atoms with E-state index in [1.807, 2.05) is 18.4 Å². The molecule has 1 nitrogen and oxygen atoms in total. The maximum atomic E-state index is 3.29. The SMILES string of the molecule is CNCC(Cc1sccc1C)C(C)C. The Hall–Kier alpha value is -0.340. The predicted molar refractivity (Wildman–Crippen MR) is 65.0 cm³/mol. The number of nitrogens with one attached hydrogen (secondary N) is 1. The molecule has 1 atom stereocenters. The van der Waals surface area contributed by atoms with Gasteiger partial charge in [-0.25, -0.2) is 0 Å². The first-order valence-corrected chi connectivity index (χ1v) is 6.20. The van der Waals surface area contributed by atoms with E-state index in [4.69, 9.17) is 0 Å². The zero-order valence-corrected chi connectivity index (χ0v) is 10.4. The van der Waals surface area contributed by atoms with E-state index in [9.17, 15) is 0 Å². The van der Waals surface area contributed by atoms with E-state index in [1.165, 1.54) is 12.0 Å². The highest BCUT2D eigenvalue weighted by Gasteiger charge is 2.14. The lowest BCUT2D eigenvalue weighted by Crippen LogP contribution is -2.24. The molecule has 0 amide bonds. The molecule has 0 saturated heterocycles. The molecule has 0 bridgehead atoms. The minimum absolute atomic E-state index is 0.754. The molecule has 0 fully saturated rings. The Kier molecular flexibility index (Phi) is 4.63. The molecule has 0 saturated carbocycles. The van der Waals surface area contributed by atoms with Gasteiger partial charge < -0.3 is 5.32 Å². The van der Waals surface area contributed by atoms with E-state index in [0.717, 1.165) is 18.4 Å². The summed E-state index contributed by atoms with van der Waals surface area (Å²) >= 11 is 1.89. The Bertz CT molecular complexity index is 265. The molecule has 0 aliphatic rings. The largest absolute Gasteiger partial charge is 0.319 e. The van der Waals surface area contributed by atoms with Crippen LogP contribution < -0.4 is 5.32 Å². The van der Waals surface area contributed by atoms with Crippen molar-refractivity contribution in [2.75, 3.05) is 13.6 Å². The van der Waals surface area contributed by atoms with Gasteiger partial charge in [-0.15, -0.1) is 11.3 Å². The third kappa shape index (κ3) is 3.10. The van der Waals surface area contributed by atoms with Crippen LogP contribution in [0.1, 0.15) is 24.3 Å². The summed E-state index contributed by atoms with van der Waals surface area (Å²) in [7, 11) is 2.04. The summed E-state index contributed by atoms with van der Waals surface area (Å²) in [5.74, 6) is 1.52. The molecule has 0 aliphatic heterocycles. The second kappa shape index (κ2) is 5.52. The second-order valence-corrected chi connectivity index (χ2v) is 5.29. The Morgan fingerprint density at radius 2 is 2.14 bits per heavy atom. The van der Waals surface area contributed by atoms with Crippen LogP contribution >= 0.6 is 11.3 Å².